The maximum atomic E-state index is 13.1. The van der Waals surface area contributed by atoms with Crippen LogP contribution < -0.4 is 0 Å². The van der Waals surface area contributed by atoms with Crippen LogP contribution >= 0.6 is 0 Å². The lowest BCUT2D eigenvalue weighted by molar-refractivity contribution is -0.0533. The van der Waals surface area contributed by atoms with Crippen molar-refractivity contribution in [3.8, 4) is 0 Å². The molecule has 0 aromatic rings. The predicted molar refractivity (Wildman–Crippen MR) is 67.8 cm³/mol. The van der Waals surface area contributed by atoms with E-state index in [0.29, 0.717) is 24.8 Å². The van der Waals surface area contributed by atoms with E-state index in [1.54, 1.807) is 0 Å². The highest BCUT2D eigenvalue weighted by Gasteiger charge is 2.36. The minimum Gasteiger partial charge on any atom is -0.393 e. The van der Waals surface area contributed by atoms with Crippen molar-refractivity contribution in [3.63, 3.8) is 0 Å². The maximum absolute atomic E-state index is 13.1. The van der Waals surface area contributed by atoms with E-state index >= 15 is 0 Å². The summed E-state index contributed by atoms with van der Waals surface area (Å²) in [5.41, 5.74) is 0. The fourth-order valence-electron chi connectivity index (χ4n) is 3.36. The highest BCUT2D eigenvalue weighted by Crippen LogP contribution is 2.37. The van der Waals surface area contributed by atoms with E-state index in [2.05, 4.69) is 11.8 Å². The van der Waals surface area contributed by atoms with Crippen molar-refractivity contribution in [3.05, 3.63) is 0 Å². The zero-order valence-corrected chi connectivity index (χ0v) is 11.2. The summed E-state index contributed by atoms with van der Waals surface area (Å²) in [6.07, 6.45) is 3.99. The van der Waals surface area contributed by atoms with Crippen LogP contribution in [-0.4, -0.2) is 41.2 Å². The van der Waals surface area contributed by atoms with Gasteiger partial charge in [0.1, 0.15) is 0 Å². The number of aliphatic hydroxyl groups excluding tert-OH is 1. The Morgan fingerprint density at radius 3 is 2.50 bits per heavy atom. The summed E-state index contributed by atoms with van der Waals surface area (Å²) in [6, 6.07) is 0.441. The lowest BCUT2D eigenvalue weighted by Gasteiger charge is -2.40. The van der Waals surface area contributed by atoms with Gasteiger partial charge in [0.05, 0.1) is 6.10 Å². The van der Waals surface area contributed by atoms with Crippen molar-refractivity contribution in [2.45, 2.75) is 69.9 Å². The lowest BCUT2D eigenvalue weighted by atomic mass is 9.85. The molecule has 1 saturated heterocycles. The van der Waals surface area contributed by atoms with Gasteiger partial charge in [-0.3, -0.25) is 4.90 Å². The Balaban J connectivity index is 1.82. The molecule has 2 rings (SSSR count). The number of piperidine rings is 1. The summed E-state index contributed by atoms with van der Waals surface area (Å²) >= 11 is 0. The zero-order chi connectivity index (χ0) is 13.2. The molecule has 18 heavy (non-hydrogen) atoms. The van der Waals surface area contributed by atoms with Crippen LogP contribution in [0, 0.1) is 5.92 Å². The van der Waals surface area contributed by atoms with Crippen LogP contribution in [0.2, 0.25) is 0 Å². The van der Waals surface area contributed by atoms with Gasteiger partial charge in [-0.15, -0.1) is 0 Å². The largest absolute Gasteiger partial charge is 0.393 e. The number of nitrogens with zero attached hydrogens (tertiary/aromatic N) is 1. The number of rotatable bonds is 3. The number of likely N-dealkylation sites (tertiary alicyclic amines) is 1. The molecule has 1 saturated carbocycles. The van der Waals surface area contributed by atoms with Gasteiger partial charge >= 0.3 is 0 Å². The molecular weight excluding hydrogens is 236 g/mol. The molecule has 0 bridgehead atoms. The van der Waals surface area contributed by atoms with Gasteiger partial charge in [-0.25, -0.2) is 8.78 Å². The molecule has 1 N–H and O–H groups in total. The third-order valence-corrected chi connectivity index (χ3v) is 4.61. The summed E-state index contributed by atoms with van der Waals surface area (Å²) < 4.78 is 26.2. The predicted octanol–water partition coefficient (Wildman–Crippen LogP) is 3.05. The lowest BCUT2D eigenvalue weighted by Crippen LogP contribution is -2.46. The summed E-state index contributed by atoms with van der Waals surface area (Å²) in [5.74, 6) is -1.99. The van der Waals surface area contributed by atoms with Gasteiger partial charge in [0.2, 0.25) is 5.92 Å². The molecule has 0 aromatic carbocycles. The monoisotopic (exact) mass is 261 g/mol. The normalized spacial score (nSPS) is 34.7. The van der Waals surface area contributed by atoms with Gasteiger partial charge in [-0.05, 0) is 38.0 Å². The fourth-order valence-corrected chi connectivity index (χ4v) is 3.36. The number of halogens is 2. The molecule has 0 spiro atoms. The zero-order valence-electron chi connectivity index (χ0n) is 11.2. The first-order valence-electron chi connectivity index (χ1n) is 7.30. The summed E-state index contributed by atoms with van der Waals surface area (Å²) in [5, 5.41) is 9.68. The second-order valence-corrected chi connectivity index (χ2v) is 6.03. The highest BCUT2D eigenvalue weighted by atomic mass is 19.3. The van der Waals surface area contributed by atoms with Gasteiger partial charge in [-0.2, -0.15) is 0 Å². The Labute approximate surface area is 108 Å². The molecule has 0 unspecified atom stereocenters. The van der Waals surface area contributed by atoms with Crippen LogP contribution in [0.1, 0.15) is 51.9 Å². The molecule has 2 nitrogen and oxygen atoms in total. The first-order valence-corrected chi connectivity index (χ1v) is 7.30. The minimum atomic E-state index is -2.42. The van der Waals surface area contributed by atoms with Crippen molar-refractivity contribution in [1.82, 2.24) is 4.90 Å². The van der Waals surface area contributed by atoms with Crippen LogP contribution in [0.15, 0.2) is 0 Å². The summed E-state index contributed by atoms with van der Waals surface area (Å²) in [7, 11) is 0. The third kappa shape index (κ3) is 3.64. The second-order valence-electron chi connectivity index (χ2n) is 6.03. The molecular formula is C14H25F2NO. The van der Waals surface area contributed by atoms with Crippen molar-refractivity contribution in [2.24, 2.45) is 5.92 Å². The van der Waals surface area contributed by atoms with Gasteiger partial charge < -0.3 is 5.11 Å². The number of aliphatic hydroxyl groups is 1. The quantitative estimate of drug-likeness (QED) is 0.844. The van der Waals surface area contributed by atoms with Crippen molar-refractivity contribution >= 4 is 0 Å². The molecule has 1 aliphatic heterocycles. The van der Waals surface area contributed by atoms with E-state index in [9.17, 15) is 13.9 Å². The van der Waals surface area contributed by atoms with E-state index < -0.39 is 5.92 Å². The maximum Gasteiger partial charge on any atom is 0.248 e. The molecule has 0 amide bonds. The van der Waals surface area contributed by atoms with Crippen LogP contribution in [0.5, 0.6) is 0 Å². The summed E-state index contributed by atoms with van der Waals surface area (Å²) in [6.45, 7) is 4.01. The van der Waals surface area contributed by atoms with E-state index in [4.69, 9.17) is 0 Å². The topological polar surface area (TPSA) is 23.5 Å². The van der Waals surface area contributed by atoms with Gasteiger partial charge in [0.25, 0.3) is 0 Å². The molecule has 0 aromatic heterocycles. The molecule has 2 aliphatic rings. The molecule has 106 valence electrons. The van der Waals surface area contributed by atoms with Gasteiger partial charge in [0.15, 0.2) is 0 Å². The van der Waals surface area contributed by atoms with Crippen LogP contribution in [-0.2, 0) is 0 Å². The summed E-state index contributed by atoms with van der Waals surface area (Å²) in [4.78, 5) is 2.42. The van der Waals surface area contributed by atoms with E-state index in [0.717, 1.165) is 32.4 Å². The standard InChI is InChI=1S/C14H25F2NO/c1-2-12-9-13(18)5-8-17(12)10-11-3-6-14(15,16)7-4-11/h11-13,18H,2-10H2,1H3/t12-,13-/m0/s1. The Kier molecular flexibility index (Phi) is 4.59. The number of hydrogen-bond donors (Lipinski definition) is 1. The smallest absolute Gasteiger partial charge is 0.248 e. The average molecular weight is 261 g/mol. The Morgan fingerprint density at radius 2 is 1.89 bits per heavy atom. The molecule has 2 fully saturated rings. The number of hydrogen-bond acceptors (Lipinski definition) is 2. The molecule has 1 heterocycles. The molecule has 2 atom stereocenters. The molecule has 4 heteroatoms. The fraction of sp³-hybridized carbons (Fsp3) is 1.00. The highest BCUT2D eigenvalue weighted by molar-refractivity contribution is 4.85. The average Bonchev–Trinajstić information content (AvgIpc) is 2.34. The SMILES string of the molecule is CC[C@H]1C[C@@H](O)CCN1CC1CCC(F)(F)CC1. The van der Waals surface area contributed by atoms with Gasteiger partial charge in [0, 0.05) is 32.0 Å². The second kappa shape index (κ2) is 5.83. The first-order chi connectivity index (χ1) is 8.50. The Morgan fingerprint density at radius 1 is 1.22 bits per heavy atom. The molecule has 1 aliphatic carbocycles. The van der Waals surface area contributed by atoms with Crippen LogP contribution in [0.25, 0.3) is 0 Å². The Bertz CT molecular complexity index is 263. The molecule has 0 radical (unpaired) electrons. The first kappa shape index (κ1) is 14.2. The van der Waals surface area contributed by atoms with E-state index in [-0.39, 0.29) is 18.9 Å². The van der Waals surface area contributed by atoms with E-state index in [1.807, 2.05) is 0 Å². The van der Waals surface area contributed by atoms with Gasteiger partial charge in [-0.1, -0.05) is 6.92 Å². The van der Waals surface area contributed by atoms with Crippen molar-refractivity contribution < 1.29 is 13.9 Å². The van der Waals surface area contributed by atoms with Crippen molar-refractivity contribution in [1.29, 1.82) is 0 Å². The third-order valence-electron chi connectivity index (χ3n) is 4.61. The number of alkyl halides is 2. The Hall–Kier alpha value is -0.220. The van der Waals surface area contributed by atoms with Crippen LogP contribution in [0.4, 0.5) is 8.78 Å². The minimum absolute atomic E-state index is 0.0604. The van der Waals surface area contributed by atoms with E-state index in [1.165, 1.54) is 0 Å². The van der Waals surface area contributed by atoms with Crippen LogP contribution in [0.3, 0.4) is 0 Å². The van der Waals surface area contributed by atoms with Crippen molar-refractivity contribution in [2.75, 3.05) is 13.1 Å².